The van der Waals surface area contributed by atoms with Gasteiger partial charge in [0.15, 0.2) is 0 Å². The summed E-state index contributed by atoms with van der Waals surface area (Å²) in [5.41, 5.74) is 2.31. The van der Waals surface area contributed by atoms with Crippen LogP contribution < -0.4 is 5.32 Å². The molecule has 3 rings (SSSR count). The van der Waals surface area contributed by atoms with Crippen molar-refractivity contribution in [3.05, 3.63) is 71.8 Å². The van der Waals surface area contributed by atoms with Crippen LogP contribution in [0.5, 0.6) is 0 Å². The van der Waals surface area contributed by atoms with Crippen molar-refractivity contribution in [2.45, 2.75) is 19.8 Å². The van der Waals surface area contributed by atoms with E-state index >= 15 is 0 Å². The van der Waals surface area contributed by atoms with E-state index in [0.717, 1.165) is 31.5 Å². The average molecular weight is 348 g/mol. The fraction of sp³-hybridized carbons (Fsp3) is 0.273. The van der Waals surface area contributed by atoms with Gasteiger partial charge in [0.1, 0.15) is 0 Å². The van der Waals surface area contributed by atoms with Crippen molar-refractivity contribution in [1.82, 2.24) is 4.90 Å². The number of nitrogens with zero attached hydrogens (tertiary/aromatic N) is 1. The first-order chi connectivity index (χ1) is 12.6. The maximum atomic E-state index is 12.5. The Labute approximate surface area is 154 Å². The second kappa shape index (κ2) is 8.48. The van der Waals surface area contributed by atoms with Gasteiger partial charge >= 0.3 is 0 Å². The molecule has 134 valence electrons. The van der Waals surface area contributed by atoms with Crippen molar-refractivity contribution in [2.75, 3.05) is 18.4 Å². The summed E-state index contributed by atoms with van der Waals surface area (Å²) < 4.78 is 0. The van der Waals surface area contributed by atoms with Gasteiger partial charge < -0.3 is 10.2 Å². The summed E-state index contributed by atoms with van der Waals surface area (Å²) in [6.07, 6.45) is 5.40. The Morgan fingerprint density at radius 1 is 1.00 bits per heavy atom. The number of piperidine rings is 1. The fourth-order valence-corrected chi connectivity index (χ4v) is 3.01. The van der Waals surface area contributed by atoms with Crippen molar-refractivity contribution in [3.8, 4) is 0 Å². The Balaban J connectivity index is 1.56. The Bertz CT molecular complexity index is 774. The zero-order valence-electron chi connectivity index (χ0n) is 15.0. The molecular formula is C22H24N2O2. The number of anilines is 1. The third-order valence-corrected chi connectivity index (χ3v) is 4.70. The van der Waals surface area contributed by atoms with Crippen molar-refractivity contribution >= 4 is 23.6 Å². The highest BCUT2D eigenvalue weighted by molar-refractivity contribution is 6.02. The molecular weight excluding hydrogens is 324 g/mol. The van der Waals surface area contributed by atoms with Gasteiger partial charge in [-0.3, -0.25) is 9.59 Å². The number of carbonyl (C=O) groups excluding carboxylic acids is 2. The summed E-state index contributed by atoms with van der Waals surface area (Å²) in [4.78, 5) is 26.4. The Morgan fingerprint density at radius 3 is 2.31 bits per heavy atom. The highest BCUT2D eigenvalue weighted by Crippen LogP contribution is 2.19. The van der Waals surface area contributed by atoms with Crippen molar-refractivity contribution < 1.29 is 9.59 Å². The minimum Gasteiger partial charge on any atom is -0.339 e. The molecule has 26 heavy (non-hydrogen) atoms. The Morgan fingerprint density at radius 2 is 1.65 bits per heavy atom. The SMILES string of the molecule is CC1CCN(C(=O)c2ccc(NC(=O)/C=C/c3ccccc3)cc2)CC1. The molecule has 1 aliphatic heterocycles. The normalized spacial score (nSPS) is 15.2. The van der Waals surface area contributed by atoms with Crippen LogP contribution in [0.4, 0.5) is 5.69 Å². The quantitative estimate of drug-likeness (QED) is 0.842. The molecule has 0 atom stereocenters. The molecule has 0 saturated carbocycles. The zero-order valence-corrected chi connectivity index (χ0v) is 15.0. The van der Waals surface area contributed by atoms with E-state index in [1.807, 2.05) is 35.2 Å². The number of nitrogens with one attached hydrogen (secondary N) is 1. The van der Waals surface area contributed by atoms with E-state index in [1.165, 1.54) is 6.08 Å². The summed E-state index contributed by atoms with van der Waals surface area (Å²) >= 11 is 0. The molecule has 0 aliphatic carbocycles. The second-order valence-electron chi connectivity index (χ2n) is 6.79. The summed E-state index contributed by atoms with van der Waals surface area (Å²) in [7, 11) is 0. The molecule has 0 aromatic heterocycles. The van der Waals surface area contributed by atoms with E-state index in [-0.39, 0.29) is 11.8 Å². The monoisotopic (exact) mass is 348 g/mol. The van der Waals surface area contributed by atoms with E-state index in [4.69, 9.17) is 0 Å². The zero-order chi connectivity index (χ0) is 18.4. The summed E-state index contributed by atoms with van der Waals surface area (Å²) in [5, 5.41) is 2.81. The molecule has 2 aromatic rings. The molecule has 2 amide bonds. The number of carbonyl (C=O) groups is 2. The Kier molecular flexibility index (Phi) is 5.84. The van der Waals surface area contributed by atoms with Gasteiger partial charge in [-0.25, -0.2) is 0 Å². The van der Waals surface area contributed by atoms with Crippen LogP contribution in [0.2, 0.25) is 0 Å². The van der Waals surface area contributed by atoms with Crippen LogP contribution in [0.15, 0.2) is 60.7 Å². The minimum atomic E-state index is -0.196. The van der Waals surface area contributed by atoms with E-state index in [2.05, 4.69) is 12.2 Å². The van der Waals surface area contributed by atoms with Crippen LogP contribution in [0.25, 0.3) is 6.08 Å². The number of hydrogen-bond acceptors (Lipinski definition) is 2. The molecule has 4 nitrogen and oxygen atoms in total. The lowest BCUT2D eigenvalue weighted by molar-refractivity contribution is -0.111. The van der Waals surface area contributed by atoms with E-state index in [1.54, 1.807) is 30.3 Å². The lowest BCUT2D eigenvalue weighted by Gasteiger charge is -2.30. The maximum absolute atomic E-state index is 12.5. The number of rotatable bonds is 4. The molecule has 0 spiro atoms. The van der Waals surface area contributed by atoms with Crippen LogP contribution in [0.1, 0.15) is 35.7 Å². The van der Waals surface area contributed by atoms with Crippen molar-refractivity contribution in [1.29, 1.82) is 0 Å². The summed E-state index contributed by atoms with van der Waals surface area (Å²) in [5.74, 6) is 0.567. The summed E-state index contributed by atoms with van der Waals surface area (Å²) in [6.45, 7) is 3.87. The molecule has 0 radical (unpaired) electrons. The first kappa shape index (κ1) is 17.9. The number of hydrogen-bond donors (Lipinski definition) is 1. The van der Waals surface area contributed by atoms with Crippen LogP contribution in [-0.2, 0) is 4.79 Å². The number of benzene rings is 2. The van der Waals surface area contributed by atoms with E-state index in [9.17, 15) is 9.59 Å². The first-order valence-electron chi connectivity index (χ1n) is 9.05. The molecule has 1 N–H and O–H groups in total. The van der Waals surface area contributed by atoms with Gasteiger partial charge in [-0.2, -0.15) is 0 Å². The van der Waals surface area contributed by atoms with Crippen LogP contribution >= 0.6 is 0 Å². The lowest BCUT2D eigenvalue weighted by Crippen LogP contribution is -2.37. The highest BCUT2D eigenvalue weighted by Gasteiger charge is 2.21. The highest BCUT2D eigenvalue weighted by atomic mass is 16.2. The lowest BCUT2D eigenvalue weighted by atomic mass is 9.98. The van der Waals surface area contributed by atoms with Gasteiger partial charge in [0.2, 0.25) is 5.91 Å². The molecule has 0 bridgehead atoms. The topological polar surface area (TPSA) is 49.4 Å². The second-order valence-corrected chi connectivity index (χ2v) is 6.79. The van der Waals surface area contributed by atoms with Gasteiger partial charge in [0, 0.05) is 30.4 Å². The molecule has 1 saturated heterocycles. The Hall–Kier alpha value is -2.88. The summed E-state index contributed by atoms with van der Waals surface area (Å²) in [6, 6.07) is 16.8. The van der Waals surface area contributed by atoms with Crippen LogP contribution in [-0.4, -0.2) is 29.8 Å². The molecule has 1 aliphatic rings. The van der Waals surface area contributed by atoms with Gasteiger partial charge in [-0.05, 0) is 54.7 Å². The predicted molar refractivity (Wildman–Crippen MR) is 105 cm³/mol. The molecule has 1 heterocycles. The third kappa shape index (κ3) is 4.82. The maximum Gasteiger partial charge on any atom is 0.253 e. The van der Waals surface area contributed by atoms with E-state index < -0.39 is 0 Å². The molecule has 1 fully saturated rings. The number of amides is 2. The van der Waals surface area contributed by atoms with Gasteiger partial charge in [-0.1, -0.05) is 37.3 Å². The minimum absolute atomic E-state index is 0.0683. The number of likely N-dealkylation sites (tertiary alicyclic amines) is 1. The smallest absolute Gasteiger partial charge is 0.253 e. The van der Waals surface area contributed by atoms with Gasteiger partial charge in [-0.15, -0.1) is 0 Å². The molecule has 2 aromatic carbocycles. The van der Waals surface area contributed by atoms with Crippen LogP contribution in [0.3, 0.4) is 0 Å². The van der Waals surface area contributed by atoms with Crippen LogP contribution in [0, 0.1) is 5.92 Å². The molecule has 4 heteroatoms. The fourth-order valence-electron chi connectivity index (χ4n) is 3.01. The first-order valence-corrected chi connectivity index (χ1v) is 9.05. The predicted octanol–water partition coefficient (Wildman–Crippen LogP) is 4.21. The van der Waals surface area contributed by atoms with Gasteiger partial charge in [0.05, 0.1) is 0 Å². The van der Waals surface area contributed by atoms with E-state index in [0.29, 0.717) is 17.2 Å². The third-order valence-electron chi connectivity index (χ3n) is 4.70. The standard InChI is InChI=1S/C22H24N2O2/c1-17-13-15-24(16-14-17)22(26)19-8-10-20(11-9-19)23-21(25)12-7-18-5-3-2-4-6-18/h2-12,17H,13-16H2,1H3,(H,23,25)/b12-7+. The van der Waals surface area contributed by atoms with Gasteiger partial charge in [0.25, 0.3) is 5.91 Å². The molecule has 0 unspecified atom stereocenters. The van der Waals surface area contributed by atoms with Crippen molar-refractivity contribution in [3.63, 3.8) is 0 Å². The average Bonchev–Trinajstić information content (AvgIpc) is 2.68. The van der Waals surface area contributed by atoms with Crippen molar-refractivity contribution in [2.24, 2.45) is 5.92 Å². The largest absolute Gasteiger partial charge is 0.339 e.